The topological polar surface area (TPSA) is 65.1 Å². The number of fused-ring (bicyclic) bond motifs is 2. The number of carbonyl (C=O) groups is 1. The normalized spacial score (nSPS) is 39.5. The van der Waals surface area contributed by atoms with Crippen LogP contribution < -0.4 is 5.32 Å². The van der Waals surface area contributed by atoms with Gasteiger partial charge in [0.15, 0.2) is 0 Å². The zero-order chi connectivity index (χ0) is 13.8. The van der Waals surface area contributed by atoms with Gasteiger partial charge < -0.3 is 15.4 Å². The first kappa shape index (κ1) is 12.7. The van der Waals surface area contributed by atoms with Gasteiger partial charge in [-0.3, -0.25) is 4.79 Å². The second-order valence-electron chi connectivity index (χ2n) is 6.83. The summed E-state index contributed by atoms with van der Waals surface area (Å²) in [6.45, 7) is 6.59. The van der Waals surface area contributed by atoms with Gasteiger partial charge in [-0.05, 0) is 30.2 Å². The lowest BCUT2D eigenvalue weighted by molar-refractivity contribution is 0.000496. The zero-order valence-electron chi connectivity index (χ0n) is 11.7. The van der Waals surface area contributed by atoms with E-state index >= 15 is 0 Å². The van der Waals surface area contributed by atoms with Crippen molar-refractivity contribution in [3.63, 3.8) is 0 Å². The smallest absolute Gasteiger partial charge is 0.253 e. The summed E-state index contributed by atoms with van der Waals surface area (Å²) in [6, 6.07) is 1.62. The Morgan fingerprint density at radius 2 is 2.21 bits per heavy atom. The van der Waals surface area contributed by atoms with Gasteiger partial charge in [-0.15, -0.1) is 0 Å². The van der Waals surface area contributed by atoms with E-state index in [1.165, 1.54) is 0 Å². The van der Waals surface area contributed by atoms with E-state index in [-0.39, 0.29) is 22.8 Å². The highest BCUT2D eigenvalue weighted by molar-refractivity contribution is 5.94. The van der Waals surface area contributed by atoms with Crippen molar-refractivity contribution in [1.29, 1.82) is 0 Å². The largest absolute Gasteiger partial charge is 0.390 e. The van der Waals surface area contributed by atoms with Crippen LogP contribution in [0.2, 0.25) is 0 Å². The van der Waals surface area contributed by atoms with Crippen LogP contribution in [-0.4, -0.2) is 28.1 Å². The third-order valence-electron chi connectivity index (χ3n) is 5.96. The summed E-state index contributed by atoms with van der Waals surface area (Å²) in [4.78, 5) is 15.0. The summed E-state index contributed by atoms with van der Waals surface area (Å²) >= 11 is 0. The summed E-state index contributed by atoms with van der Waals surface area (Å²) in [5, 5.41) is 13.6. The molecule has 2 aliphatic rings. The number of aromatic amines is 1. The summed E-state index contributed by atoms with van der Waals surface area (Å²) in [5.74, 6) is 0.257. The Hall–Kier alpha value is -1.29. The number of hydrogen-bond acceptors (Lipinski definition) is 2. The summed E-state index contributed by atoms with van der Waals surface area (Å²) in [6.07, 6.45) is 5.09. The molecule has 4 unspecified atom stereocenters. The number of amides is 1. The molecule has 1 amide bonds. The van der Waals surface area contributed by atoms with Gasteiger partial charge in [0.2, 0.25) is 0 Å². The van der Waals surface area contributed by atoms with Crippen molar-refractivity contribution in [1.82, 2.24) is 10.3 Å². The standard InChI is InChI=1S/C15H22N2O2/c1-14(2)10-4-6-15(14,3)12(18)11(10)17-13(19)9-5-7-16-8-9/h5,7-8,10-12,16,18H,4,6H2,1-3H3,(H,17,19). The van der Waals surface area contributed by atoms with Crippen LogP contribution >= 0.6 is 0 Å². The highest BCUT2D eigenvalue weighted by Gasteiger charge is 2.66. The Kier molecular flexibility index (Phi) is 2.58. The first-order valence-electron chi connectivity index (χ1n) is 6.99. The number of nitrogens with one attached hydrogen (secondary N) is 2. The number of aromatic nitrogens is 1. The maximum atomic E-state index is 12.2. The van der Waals surface area contributed by atoms with Gasteiger partial charge in [-0.2, -0.15) is 0 Å². The minimum Gasteiger partial charge on any atom is -0.390 e. The van der Waals surface area contributed by atoms with Gasteiger partial charge >= 0.3 is 0 Å². The van der Waals surface area contributed by atoms with Crippen LogP contribution in [0.4, 0.5) is 0 Å². The predicted molar refractivity (Wildman–Crippen MR) is 72.7 cm³/mol. The molecular formula is C15H22N2O2. The van der Waals surface area contributed by atoms with Gasteiger partial charge in [0, 0.05) is 17.8 Å². The van der Waals surface area contributed by atoms with Crippen molar-refractivity contribution in [2.24, 2.45) is 16.7 Å². The molecule has 2 aliphatic carbocycles. The van der Waals surface area contributed by atoms with Crippen molar-refractivity contribution in [2.45, 2.75) is 45.8 Å². The van der Waals surface area contributed by atoms with E-state index < -0.39 is 6.10 Å². The molecule has 3 rings (SSSR count). The van der Waals surface area contributed by atoms with Crippen LogP contribution in [-0.2, 0) is 0 Å². The minimum atomic E-state index is -0.454. The second-order valence-corrected chi connectivity index (χ2v) is 6.83. The van der Waals surface area contributed by atoms with Crippen LogP contribution in [0.5, 0.6) is 0 Å². The summed E-state index contributed by atoms with van der Waals surface area (Å²) in [7, 11) is 0. The lowest BCUT2D eigenvalue weighted by Crippen LogP contribution is -2.49. The minimum absolute atomic E-state index is 0.0719. The van der Waals surface area contributed by atoms with Crippen LogP contribution in [0.25, 0.3) is 0 Å². The highest BCUT2D eigenvalue weighted by atomic mass is 16.3. The molecule has 0 saturated heterocycles. The molecule has 0 aliphatic heterocycles. The molecule has 0 aromatic carbocycles. The molecule has 1 heterocycles. The Balaban J connectivity index is 1.82. The second kappa shape index (κ2) is 3.85. The van der Waals surface area contributed by atoms with E-state index in [1.54, 1.807) is 18.5 Å². The SMILES string of the molecule is CC1(C)C2CCC1(C)C(O)C2NC(=O)c1cc[nH]c1. The molecule has 4 nitrogen and oxygen atoms in total. The maximum absolute atomic E-state index is 12.2. The number of hydrogen-bond donors (Lipinski definition) is 3. The van der Waals surface area contributed by atoms with Crippen molar-refractivity contribution >= 4 is 5.91 Å². The van der Waals surface area contributed by atoms with Gasteiger partial charge in [-0.25, -0.2) is 0 Å². The molecule has 0 radical (unpaired) electrons. The number of aliphatic hydroxyl groups is 1. The van der Waals surface area contributed by atoms with Crippen molar-refractivity contribution < 1.29 is 9.90 Å². The Labute approximate surface area is 113 Å². The number of aliphatic hydroxyl groups excluding tert-OH is 1. The molecule has 0 spiro atoms. The molecule has 2 bridgehead atoms. The van der Waals surface area contributed by atoms with Gasteiger partial charge in [0.25, 0.3) is 5.91 Å². The lowest BCUT2D eigenvalue weighted by Gasteiger charge is -2.37. The van der Waals surface area contributed by atoms with Crippen molar-refractivity contribution in [3.8, 4) is 0 Å². The molecule has 1 aromatic rings. The van der Waals surface area contributed by atoms with E-state index in [0.717, 1.165) is 12.8 Å². The zero-order valence-corrected chi connectivity index (χ0v) is 11.7. The molecular weight excluding hydrogens is 240 g/mol. The van der Waals surface area contributed by atoms with Crippen LogP contribution in [0.3, 0.4) is 0 Å². The van der Waals surface area contributed by atoms with E-state index in [9.17, 15) is 9.90 Å². The van der Waals surface area contributed by atoms with E-state index in [4.69, 9.17) is 0 Å². The van der Waals surface area contributed by atoms with Gasteiger partial charge in [0.05, 0.1) is 17.7 Å². The molecule has 1 aromatic heterocycles. The molecule has 3 N–H and O–H groups in total. The summed E-state index contributed by atoms with van der Waals surface area (Å²) in [5.41, 5.74) is 0.605. The fourth-order valence-electron chi connectivity index (χ4n) is 4.22. The Morgan fingerprint density at radius 1 is 1.47 bits per heavy atom. The Bertz CT molecular complexity index is 494. The molecule has 104 valence electrons. The van der Waals surface area contributed by atoms with Gasteiger partial charge in [-0.1, -0.05) is 20.8 Å². The van der Waals surface area contributed by atoms with Crippen LogP contribution in [0, 0.1) is 16.7 Å². The van der Waals surface area contributed by atoms with Crippen LogP contribution in [0.15, 0.2) is 18.5 Å². The van der Waals surface area contributed by atoms with E-state index in [2.05, 4.69) is 31.1 Å². The fraction of sp³-hybridized carbons (Fsp3) is 0.667. The number of rotatable bonds is 2. The average Bonchev–Trinajstić information content (AvgIpc) is 2.97. The van der Waals surface area contributed by atoms with Crippen molar-refractivity contribution in [3.05, 3.63) is 24.0 Å². The summed E-state index contributed by atoms with van der Waals surface area (Å²) < 4.78 is 0. The third-order valence-corrected chi connectivity index (χ3v) is 5.96. The number of carbonyl (C=O) groups excluding carboxylic acids is 1. The molecule has 4 heteroatoms. The van der Waals surface area contributed by atoms with Crippen LogP contribution in [0.1, 0.15) is 44.0 Å². The first-order chi connectivity index (χ1) is 8.88. The highest BCUT2D eigenvalue weighted by Crippen LogP contribution is 2.65. The third kappa shape index (κ3) is 1.52. The Morgan fingerprint density at radius 3 is 2.74 bits per heavy atom. The van der Waals surface area contributed by atoms with E-state index in [0.29, 0.717) is 11.5 Å². The average molecular weight is 262 g/mol. The first-order valence-corrected chi connectivity index (χ1v) is 6.99. The molecule has 2 saturated carbocycles. The monoisotopic (exact) mass is 262 g/mol. The fourth-order valence-corrected chi connectivity index (χ4v) is 4.22. The quantitative estimate of drug-likeness (QED) is 0.762. The van der Waals surface area contributed by atoms with Gasteiger partial charge in [0.1, 0.15) is 0 Å². The van der Waals surface area contributed by atoms with Crippen molar-refractivity contribution in [2.75, 3.05) is 0 Å². The molecule has 19 heavy (non-hydrogen) atoms. The van der Waals surface area contributed by atoms with E-state index in [1.807, 2.05) is 0 Å². The lowest BCUT2D eigenvalue weighted by atomic mass is 9.70. The molecule has 4 atom stereocenters. The maximum Gasteiger partial charge on any atom is 0.253 e. The molecule has 2 fully saturated rings. The predicted octanol–water partition coefficient (Wildman–Crippen LogP) is 1.93. The number of H-pyrrole nitrogens is 1.